The first-order valence-corrected chi connectivity index (χ1v) is 4.78. The quantitative estimate of drug-likeness (QED) is 0.535. The van der Waals surface area contributed by atoms with Gasteiger partial charge in [0, 0.05) is 6.08 Å². The third kappa shape index (κ3) is 3.05. The van der Waals surface area contributed by atoms with Crippen LogP contribution in [0.5, 0.6) is 0 Å². The Bertz CT molecular complexity index is 228. The molecule has 1 N–H and O–H groups in total. The van der Waals surface area contributed by atoms with Crippen LogP contribution in [0.1, 0.15) is 32.1 Å². The maximum absolute atomic E-state index is 10.5. The highest BCUT2D eigenvalue weighted by molar-refractivity contribution is 5.80. The van der Waals surface area contributed by atoms with Crippen molar-refractivity contribution in [1.29, 1.82) is 0 Å². The second kappa shape index (κ2) is 4.85. The molecule has 0 saturated heterocycles. The molecule has 0 spiro atoms. The van der Waals surface area contributed by atoms with Crippen LogP contribution in [0.2, 0.25) is 0 Å². The highest BCUT2D eigenvalue weighted by atomic mass is 16.4. The number of allylic oxidation sites excluding steroid dienone is 2. The van der Waals surface area contributed by atoms with Crippen molar-refractivity contribution < 1.29 is 9.90 Å². The number of hydrogen-bond acceptors (Lipinski definition) is 1. The van der Waals surface area contributed by atoms with Crippen LogP contribution in [0.15, 0.2) is 24.3 Å². The van der Waals surface area contributed by atoms with Crippen molar-refractivity contribution in [2.24, 2.45) is 5.92 Å². The predicted octanol–water partition coefficient (Wildman–Crippen LogP) is 2.76. The predicted molar refractivity (Wildman–Crippen MR) is 52.5 cm³/mol. The molecule has 0 aliphatic heterocycles. The Morgan fingerprint density at radius 2 is 2.38 bits per heavy atom. The van der Waals surface area contributed by atoms with E-state index in [9.17, 15) is 4.79 Å². The maximum atomic E-state index is 10.5. The van der Waals surface area contributed by atoms with E-state index in [4.69, 9.17) is 5.11 Å². The topological polar surface area (TPSA) is 37.3 Å². The summed E-state index contributed by atoms with van der Waals surface area (Å²) in [4.78, 5) is 10.5. The van der Waals surface area contributed by atoms with Crippen molar-refractivity contribution >= 4 is 5.97 Å². The van der Waals surface area contributed by atoms with Crippen LogP contribution < -0.4 is 0 Å². The van der Waals surface area contributed by atoms with Gasteiger partial charge in [-0.3, -0.25) is 0 Å². The molecule has 0 aromatic rings. The van der Waals surface area contributed by atoms with Gasteiger partial charge in [-0.25, -0.2) is 4.79 Å². The van der Waals surface area contributed by atoms with Gasteiger partial charge in [0.1, 0.15) is 0 Å². The monoisotopic (exact) mass is 180 g/mol. The van der Waals surface area contributed by atoms with E-state index in [1.165, 1.54) is 12.5 Å². The van der Waals surface area contributed by atoms with Gasteiger partial charge in [-0.1, -0.05) is 18.1 Å². The standard InChI is InChI=1S/C11H16O2/c1-2-5-9-6-3-4-7-10(9)8-11(12)13/h2,8-9H,1,3-7H2,(H,12,13)/b10-8-/t9-/m0/s1. The molecule has 1 aliphatic rings. The van der Waals surface area contributed by atoms with E-state index in [0.717, 1.165) is 31.3 Å². The van der Waals surface area contributed by atoms with E-state index >= 15 is 0 Å². The lowest BCUT2D eigenvalue weighted by Crippen LogP contribution is -2.10. The molecule has 0 bridgehead atoms. The van der Waals surface area contributed by atoms with Gasteiger partial charge in [-0.05, 0) is 31.6 Å². The molecule has 1 aliphatic carbocycles. The SMILES string of the molecule is C=CC[C@H]1CCCC/C1=C/C(=O)O. The molecule has 0 heterocycles. The molecule has 2 heteroatoms. The highest BCUT2D eigenvalue weighted by Crippen LogP contribution is 2.31. The van der Waals surface area contributed by atoms with Gasteiger partial charge >= 0.3 is 5.97 Å². The summed E-state index contributed by atoms with van der Waals surface area (Å²) in [6.45, 7) is 3.69. The summed E-state index contributed by atoms with van der Waals surface area (Å²) in [7, 11) is 0. The van der Waals surface area contributed by atoms with Crippen molar-refractivity contribution in [3.8, 4) is 0 Å². The lowest BCUT2D eigenvalue weighted by Gasteiger charge is -2.23. The molecule has 0 aromatic carbocycles. The summed E-state index contributed by atoms with van der Waals surface area (Å²) < 4.78 is 0. The van der Waals surface area contributed by atoms with Crippen molar-refractivity contribution in [3.05, 3.63) is 24.3 Å². The van der Waals surface area contributed by atoms with Gasteiger partial charge in [-0.2, -0.15) is 0 Å². The Balaban J connectivity index is 2.66. The van der Waals surface area contributed by atoms with E-state index in [0.29, 0.717) is 5.92 Å². The zero-order valence-electron chi connectivity index (χ0n) is 7.83. The molecule has 0 unspecified atom stereocenters. The zero-order valence-corrected chi connectivity index (χ0v) is 7.83. The Hall–Kier alpha value is -1.05. The van der Waals surface area contributed by atoms with Crippen molar-refractivity contribution in [3.63, 3.8) is 0 Å². The molecule has 2 nitrogen and oxygen atoms in total. The van der Waals surface area contributed by atoms with E-state index < -0.39 is 5.97 Å². The molecule has 0 amide bonds. The molecule has 1 atom stereocenters. The summed E-state index contributed by atoms with van der Waals surface area (Å²) in [6.07, 6.45) is 8.59. The average Bonchev–Trinajstić information content (AvgIpc) is 2.08. The Morgan fingerprint density at radius 3 is 3.00 bits per heavy atom. The molecule has 0 aromatic heterocycles. The summed E-state index contributed by atoms with van der Waals surface area (Å²) in [5, 5.41) is 8.65. The van der Waals surface area contributed by atoms with Crippen LogP contribution in [-0.4, -0.2) is 11.1 Å². The van der Waals surface area contributed by atoms with Crippen molar-refractivity contribution in [2.75, 3.05) is 0 Å². The van der Waals surface area contributed by atoms with E-state index in [2.05, 4.69) is 6.58 Å². The minimum Gasteiger partial charge on any atom is -0.478 e. The van der Waals surface area contributed by atoms with Crippen LogP contribution in [0.3, 0.4) is 0 Å². The molecule has 1 fully saturated rings. The second-order valence-electron chi connectivity index (χ2n) is 3.52. The van der Waals surface area contributed by atoms with E-state index in [-0.39, 0.29) is 0 Å². The molecule has 1 saturated carbocycles. The third-order valence-corrected chi connectivity index (χ3v) is 2.55. The molecule has 72 valence electrons. The maximum Gasteiger partial charge on any atom is 0.328 e. The lowest BCUT2D eigenvalue weighted by molar-refractivity contribution is -0.131. The Labute approximate surface area is 79.0 Å². The Morgan fingerprint density at radius 1 is 1.62 bits per heavy atom. The average molecular weight is 180 g/mol. The van der Waals surface area contributed by atoms with Gasteiger partial charge in [0.05, 0.1) is 0 Å². The number of carbonyl (C=O) groups is 1. The fourth-order valence-electron chi connectivity index (χ4n) is 1.93. The number of hydrogen-bond donors (Lipinski definition) is 1. The largest absolute Gasteiger partial charge is 0.478 e. The van der Waals surface area contributed by atoms with E-state index in [1.807, 2.05) is 6.08 Å². The first-order chi connectivity index (χ1) is 6.24. The first kappa shape index (κ1) is 10.0. The number of carboxylic acid groups (broad SMARTS) is 1. The second-order valence-corrected chi connectivity index (χ2v) is 3.52. The molecular weight excluding hydrogens is 164 g/mol. The fourth-order valence-corrected chi connectivity index (χ4v) is 1.93. The van der Waals surface area contributed by atoms with Crippen LogP contribution in [-0.2, 0) is 4.79 Å². The van der Waals surface area contributed by atoms with E-state index in [1.54, 1.807) is 0 Å². The third-order valence-electron chi connectivity index (χ3n) is 2.55. The van der Waals surface area contributed by atoms with Gasteiger partial charge in [0.2, 0.25) is 0 Å². The zero-order chi connectivity index (χ0) is 9.68. The van der Waals surface area contributed by atoms with Crippen LogP contribution >= 0.6 is 0 Å². The van der Waals surface area contributed by atoms with Crippen LogP contribution in [0.25, 0.3) is 0 Å². The summed E-state index contributed by atoms with van der Waals surface area (Å²) >= 11 is 0. The normalized spacial score (nSPS) is 25.8. The summed E-state index contributed by atoms with van der Waals surface area (Å²) in [6, 6.07) is 0. The van der Waals surface area contributed by atoms with Gasteiger partial charge in [0.15, 0.2) is 0 Å². The summed E-state index contributed by atoms with van der Waals surface area (Å²) in [5.74, 6) is -0.381. The molecular formula is C11H16O2. The molecule has 0 radical (unpaired) electrons. The number of aliphatic carboxylic acids is 1. The lowest BCUT2D eigenvalue weighted by atomic mass is 9.82. The van der Waals surface area contributed by atoms with Gasteiger partial charge in [0.25, 0.3) is 0 Å². The Kier molecular flexibility index (Phi) is 3.74. The van der Waals surface area contributed by atoms with Crippen LogP contribution in [0.4, 0.5) is 0 Å². The van der Waals surface area contributed by atoms with Gasteiger partial charge < -0.3 is 5.11 Å². The van der Waals surface area contributed by atoms with Crippen molar-refractivity contribution in [1.82, 2.24) is 0 Å². The number of rotatable bonds is 3. The van der Waals surface area contributed by atoms with Crippen LogP contribution in [0, 0.1) is 5.92 Å². The molecule has 1 rings (SSSR count). The van der Waals surface area contributed by atoms with Gasteiger partial charge in [-0.15, -0.1) is 6.58 Å². The minimum atomic E-state index is -0.814. The smallest absolute Gasteiger partial charge is 0.328 e. The van der Waals surface area contributed by atoms with Crippen molar-refractivity contribution in [2.45, 2.75) is 32.1 Å². The fraction of sp³-hybridized carbons (Fsp3) is 0.545. The summed E-state index contributed by atoms with van der Waals surface area (Å²) in [5.41, 5.74) is 1.10. The highest BCUT2D eigenvalue weighted by Gasteiger charge is 2.18. The number of carboxylic acids is 1. The minimum absolute atomic E-state index is 0.433. The molecule has 13 heavy (non-hydrogen) atoms. The first-order valence-electron chi connectivity index (χ1n) is 4.78.